The van der Waals surface area contributed by atoms with E-state index in [-0.39, 0.29) is 24.8 Å². The summed E-state index contributed by atoms with van der Waals surface area (Å²) < 4.78 is 32.1. The van der Waals surface area contributed by atoms with Gasteiger partial charge in [-0.15, -0.1) is 0 Å². The van der Waals surface area contributed by atoms with Gasteiger partial charge in [0.25, 0.3) is 6.43 Å². The summed E-state index contributed by atoms with van der Waals surface area (Å²) in [6, 6.07) is 6.06. The number of carbonyl (C=O) groups excluding carboxylic acids is 1. The van der Waals surface area contributed by atoms with Crippen LogP contribution in [0.4, 0.5) is 8.78 Å². The number of thioether (sulfide) groups is 1. The Hall–Kier alpha value is -1.93. The van der Waals surface area contributed by atoms with Gasteiger partial charge in [-0.3, -0.25) is 9.36 Å². The van der Waals surface area contributed by atoms with Crippen molar-refractivity contribution in [1.82, 2.24) is 14.5 Å². The molecule has 0 fully saturated rings. The van der Waals surface area contributed by atoms with E-state index in [1.807, 2.05) is 42.8 Å². The topological polar surface area (TPSA) is 47.4 Å². The van der Waals surface area contributed by atoms with Crippen molar-refractivity contribution >= 4 is 17.7 Å². The lowest BCUT2D eigenvalue weighted by atomic mass is 10.1. The average molecular weight is 383 g/mol. The van der Waals surface area contributed by atoms with Crippen molar-refractivity contribution in [2.75, 3.05) is 32.6 Å². The van der Waals surface area contributed by atoms with Crippen LogP contribution >= 0.6 is 11.8 Å². The second-order valence-electron chi connectivity index (χ2n) is 5.86. The molecule has 0 aliphatic heterocycles. The van der Waals surface area contributed by atoms with Gasteiger partial charge in [0.05, 0.1) is 18.9 Å². The van der Waals surface area contributed by atoms with Gasteiger partial charge < -0.3 is 9.64 Å². The molecule has 0 aliphatic rings. The standard InChI is InChI=1S/C18H23F2N3O2S/c1-13-4-5-15(10-14(13)2)23-7-6-21-18(23)26-12-17(24)22(8-9-25-3)11-16(19)20/h4-7,10,16H,8-9,11-12H2,1-3H3. The molecule has 26 heavy (non-hydrogen) atoms. The molecule has 0 saturated heterocycles. The molecule has 0 radical (unpaired) electrons. The summed E-state index contributed by atoms with van der Waals surface area (Å²) in [5, 5.41) is 0.644. The quantitative estimate of drug-likeness (QED) is 0.623. The van der Waals surface area contributed by atoms with Crippen LogP contribution < -0.4 is 0 Å². The van der Waals surface area contributed by atoms with E-state index in [0.717, 1.165) is 16.2 Å². The SMILES string of the molecule is COCCN(CC(F)F)C(=O)CSc1nccn1-c1ccc(C)c(C)c1. The zero-order valence-corrected chi connectivity index (χ0v) is 15.9. The van der Waals surface area contributed by atoms with E-state index in [0.29, 0.717) is 5.16 Å². The van der Waals surface area contributed by atoms with Crippen molar-refractivity contribution in [1.29, 1.82) is 0 Å². The van der Waals surface area contributed by atoms with Crippen LogP contribution in [0.15, 0.2) is 35.7 Å². The number of alkyl halides is 2. The molecule has 1 amide bonds. The molecule has 1 heterocycles. The fourth-order valence-electron chi connectivity index (χ4n) is 2.37. The van der Waals surface area contributed by atoms with Crippen molar-refractivity contribution < 1.29 is 18.3 Å². The van der Waals surface area contributed by atoms with Crippen LogP contribution in [0.5, 0.6) is 0 Å². The van der Waals surface area contributed by atoms with Gasteiger partial charge in [0.2, 0.25) is 5.91 Å². The van der Waals surface area contributed by atoms with Crippen molar-refractivity contribution in [2.24, 2.45) is 0 Å². The van der Waals surface area contributed by atoms with Crippen molar-refractivity contribution in [3.05, 3.63) is 41.7 Å². The van der Waals surface area contributed by atoms with Crippen LogP contribution in [0, 0.1) is 13.8 Å². The maximum atomic E-state index is 12.7. The fraction of sp³-hybridized carbons (Fsp3) is 0.444. The van der Waals surface area contributed by atoms with Gasteiger partial charge in [-0.05, 0) is 37.1 Å². The number of aromatic nitrogens is 2. The number of nitrogens with zero attached hydrogens (tertiary/aromatic N) is 3. The summed E-state index contributed by atoms with van der Waals surface area (Å²) in [6.45, 7) is 3.85. The normalized spacial score (nSPS) is 11.2. The molecule has 8 heteroatoms. The number of halogens is 2. The third kappa shape index (κ3) is 5.54. The Morgan fingerprint density at radius 1 is 1.35 bits per heavy atom. The highest BCUT2D eigenvalue weighted by Gasteiger charge is 2.19. The number of rotatable bonds is 9. The maximum absolute atomic E-state index is 12.7. The molecule has 2 aromatic rings. The van der Waals surface area contributed by atoms with E-state index in [4.69, 9.17) is 4.74 Å². The van der Waals surface area contributed by atoms with Crippen LogP contribution in [-0.2, 0) is 9.53 Å². The molecule has 5 nitrogen and oxygen atoms in total. The third-order valence-corrected chi connectivity index (χ3v) is 4.93. The highest BCUT2D eigenvalue weighted by atomic mass is 32.2. The van der Waals surface area contributed by atoms with E-state index >= 15 is 0 Å². The molecule has 0 atom stereocenters. The first kappa shape index (κ1) is 20.4. The number of ether oxygens (including phenoxy) is 1. The smallest absolute Gasteiger partial charge is 0.255 e. The maximum Gasteiger partial charge on any atom is 0.255 e. The molecular formula is C18H23F2N3O2S. The van der Waals surface area contributed by atoms with Crippen molar-refractivity contribution in [3.63, 3.8) is 0 Å². The molecule has 0 saturated carbocycles. The number of methoxy groups -OCH3 is 1. The molecule has 0 bridgehead atoms. The first-order chi connectivity index (χ1) is 12.4. The largest absolute Gasteiger partial charge is 0.383 e. The van der Waals surface area contributed by atoms with Crippen LogP contribution in [0.25, 0.3) is 5.69 Å². The molecule has 0 unspecified atom stereocenters. The highest BCUT2D eigenvalue weighted by molar-refractivity contribution is 7.99. The van der Waals surface area contributed by atoms with Gasteiger partial charge >= 0.3 is 0 Å². The van der Waals surface area contributed by atoms with E-state index in [2.05, 4.69) is 4.98 Å². The van der Waals surface area contributed by atoms with Gasteiger partial charge in [-0.25, -0.2) is 13.8 Å². The molecule has 0 spiro atoms. The Labute approximate surface area is 156 Å². The van der Waals surface area contributed by atoms with E-state index in [1.54, 1.807) is 6.20 Å². The van der Waals surface area contributed by atoms with Crippen LogP contribution in [0.3, 0.4) is 0 Å². The van der Waals surface area contributed by atoms with Crippen LogP contribution in [-0.4, -0.2) is 59.3 Å². The summed E-state index contributed by atoms with van der Waals surface area (Å²) in [5.74, 6) is -0.319. The highest BCUT2D eigenvalue weighted by Crippen LogP contribution is 2.22. The van der Waals surface area contributed by atoms with Gasteiger partial charge in [0.1, 0.15) is 0 Å². The van der Waals surface area contributed by atoms with E-state index in [1.165, 1.54) is 24.4 Å². The summed E-state index contributed by atoms with van der Waals surface area (Å²) in [7, 11) is 1.47. The van der Waals surface area contributed by atoms with Crippen LogP contribution in [0.2, 0.25) is 0 Å². The summed E-state index contributed by atoms with van der Waals surface area (Å²) in [4.78, 5) is 17.7. The number of benzene rings is 1. The number of hydrogen-bond donors (Lipinski definition) is 0. The number of imidazole rings is 1. The second-order valence-corrected chi connectivity index (χ2v) is 6.80. The molecule has 1 aromatic carbocycles. The zero-order chi connectivity index (χ0) is 19.1. The molecule has 142 valence electrons. The first-order valence-electron chi connectivity index (χ1n) is 8.21. The molecule has 1 aromatic heterocycles. The predicted molar refractivity (Wildman–Crippen MR) is 98.2 cm³/mol. The zero-order valence-electron chi connectivity index (χ0n) is 15.1. The minimum Gasteiger partial charge on any atom is -0.383 e. The number of aryl methyl sites for hydroxylation is 2. The first-order valence-corrected chi connectivity index (χ1v) is 9.19. The molecule has 2 rings (SSSR count). The number of amides is 1. The molecular weight excluding hydrogens is 360 g/mol. The Morgan fingerprint density at radius 3 is 2.77 bits per heavy atom. The Balaban J connectivity index is 2.06. The van der Waals surface area contributed by atoms with Crippen molar-refractivity contribution in [3.8, 4) is 5.69 Å². The lowest BCUT2D eigenvalue weighted by Crippen LogP contribution is -2.38. The monoisotopic (exact) mass is 383 g/mol. The lowest BCUT2D eigenvalue weighted by Gasteiger charge is -2.21. The van der Waals surface area contributed by atoms with Gasteiger partial charge in [-0.1, -0.05) is 17.8 Å². The molecule has 0 aliphatic carbocycles. The Kier molecular flexibility index (Phi) is 7.59. The number of carbonyl (C=O) groups is 1. The minimum absolute atomic E-state index is 0.0400. The summed E-state index contributed by atoms with van der Waals surface area (Å²) in [6.07, 6.45) is 0.904. The summed E-state index contributed by atoms with van der Waals surface area (Å²) >= 11 is 1.23. The van der Waals surface area contributed by atoms with Gasteiger partial charge in [0, 0.05) is 31.7 Å². The fourth-order valence-corrected chi connectivity index (χ4v) is 3.25. The predicted octanol–water partition coefficient (Wildman–Crippen LogP) is 3.32. The second kappa shape index (κ2) is 9.68. The number of hydrogen-bond acceptors (Lipinski definition) is 4. The molecule has 0 N–H and O–H groups in total. The Morgan fingerprint density at radius 2 is 2.12 bits per heavy atom. The van der Waals surface area contributed by atoms with Crippen LogP contribution in [0.1, 0.15) is 11.1 Å². The lowest BCUT2D eigenvalue weighted by molar-refractivity contribution is -0.130. The van der Waals surface area contributed by atoms with E-state index < -0.39 is 13.0 Å². The summed E-state index contributed by atoms with van der Waals surface area (Å²) in [5.41, 5.74) is 3.30. The van der Waals surface area contributed by atoms with Crippen molar-refractivity contribution in [2.45, 2.75) is 25.4 Å². The average Bonchev–Trinajstić information content (AvgIpc) is 3.07. The van der Waals surface area contributed by atoms with Gasteiger partial charge in [-0.2, -0.15) is 0 Å². The van der Waals surface area contributed by atoms with Gasteiger partial charge in [0.15, 0.2) is 5.16 Å². The third-order valence-electron chi connectivity index (χ3n) is 3.98. The minimum atomic E-state index is -2.57. The van der Waals surface area contributed by atoms with E-state index in [9.17, 15) is 13.6 Å². The Bertz CT molecular complexity index is 737.